The number of hydrogen-bond acceptors (Lipinski definition) is 7. The first-order chi connectivity index (χ1) is 9.89. The molecule has 1 heterocycles. The standard InChI is InChI=1S/C14H28N6O/c1-7-15-11-16-12(19(6)14(4,5)10-21)18-13(17-11)20(8-2)9-3/h21H,7-10H2,1-6H3,(H,15,16,17,18). The largest absolute Gasteiger partial charge is 0.394 e. The molecule has 7 nitrogen and oxygen atoms in total. The predicted octanol–water partition coefficient (Wildman–Crippen LogP) is 1.36. The summed E-state index contributed by atoms with van der Waals surface area (Å²) in [6, 6.07) is 0. The van der Waals surface area contributed by atoms with Gasteiger partial charge >= 0.3 is 0 Å². The lowest BCUT2D eigenvalue weighted by Gasteiger charge is -2.34. The van der Waals surface area contributed by atoms with E-state index in [9.17, 15) is 5.11 Å². The first-order valence-electron chi connectivity index (χ1n) is 7.49. The van der Waals surface area contributed by atoms with Gasteiger partial charge in [0, 0.05) is 26.7 Å². The van der Waals surface area contributed by atoms with Gasteiger partial charge in [0.2, 0.25) is 17.8 Å². The molecule has 0 aromatic carbocycles. The Morgan fingerprint density at radius 2 is 1.62 bits per heavy atom. The third kappa shape index (κ3) is 4.17. The summed E-state index contributed by atoms with van der Waals surface area (Å²) in [7, 11) is 1.88. The van der Waals surface area contributed by atoms with Crippen LogP contribution >= 0.6 is 0 Å². The topological polar surface area (TPSA) is 77.4 Å². The Morgan fingerprint density at radius 1 is 1.05 bits per heavy atom. The van der Waals surface area contributed by atoms with Crippen LogP contribution in [-0.2, 0) is 0 Å². The summed E-state index contributed by atoms with van der Waals surface area (Å²) in [5, 5.41) is 12.7. The van der Waals surface area contributed by atoms with E-state index in [-0.39, 0.29) is 6.61 Å². The highest BCUT2D eigenvalue weighted by Crippen LogP contribution is 2.21. The quantitative estimate of drug-likeness (QED) is 0.750. The van der Waals surface area contributed by atoms with Crippen molar-refractivity contribution in [3.8, 4) is 0 Å². The molecule has 0 atom stereocenters. The number of aromatic nitrogens is 3. The normalized spacial score (nSPS) is 11.4. The molecule has 1 rings (SSSR count). The van der Waals surface area contributed by atoms with Gasteiger partial charge in [-0.05, 0) is 34.6 Å². The van der Waals surface area contributed by atoms with E-state index in [2.05, 4.69) is 39.0 Å². The van der Waals surface area contributed by atoms with Gasteiger partial charge in [-0.15, -0.1) is 0 Å². The van der Waals surface area contributed by atoms with Crippen molar-refractivity contribution in [2.24, 2.45) is 0 Å². The molecule has 1 aromatic rings. The molecular weight excluding hydrogens is 268 g/mol. The van der Waals surface area contributed by atoms with Crippen LogP contribution in [-0.4, -0.2) is 58.9 Å². The molecule has 0 saturated heterocycles. The van der Waals surface area contributed by atoms with Crippen LogP contribution in [0.15, 0.2) is 0 Å². The van der Waals surface area contributed by atoms with Gasteiger partial charge in [-0.2, -0.15) is 15.0 Å². The summed E-state index contributed by atoms with van der Waals surface area (Å²) in [6.45, 7) is 12.5. The maximum absolute atomic E-state index is 9.53. The first-order valence-corrected chi connectivity index (χ1v) is 7.49. The van der Waals surface area contributed by atoms with Crippen molar-refractivity contribution in [2.45, 2.75) is 40.2 Å². The van der Waals surface area contributed by atoms with E-state index >= 15 is 0 Å². The average Bonchev–Trinajstić information content (AvgIpc) is 2.48. The molecule has 0 spiro atoms. The minimum absolute atomic E-state index is 0.0202. The predicted molar refractivity (Wildman–Crippen MR) is 87.1 cm³/mol. The summed E-state index contributed by atoms with van der Waals surface area (Å²) in [5.74, 6) is 1.77. The van der Waals surface area contributed by atoms with Gasteiger partial charge in [0.15, 0.2) is 0 Å². The highest BCUT2D eigenvalue weighted by Gasteiger charge is 2.26. The molecule has 0 bridgehead atoms. The van der Waals surface area contributed by atoms with Crippen LogP contribution in [0, 0.1) is 0 Å². The molecule has 0 saturated carbocycles. The molecule has 1 aromatic heterocycles. The third-order valence-corrected chi connectivity index (χ3v) is 3.59. The Morgan fingerprint density at radius 3 is 2.10 bits per heavy atom. The van der Waals surface area contributed by atoms with E-state index in [1.54, 1.807) is 0 Å². The van der Waals surface area contributed by atoms with Gasteiger partial charge < -0.3 is 20.2 Å². The van der Waals surface area contributed by atoms with Crippen LogP contribution in [0.25, 0.3) is 0 Å². The molecule has 0 radical (unpaired) electrons. The lowest BCUT2D eigenvalue weighted by molar-refractivity contribution is 0.215. The third-order valence-electron chi connectivity index (χ3n) is 3.59. The monoisotopic (exact) mass is 296 g/mol. The Kier molecular flexibility index (Phi) is 6.14. The summed E-state index contributed by atoms with van der Waals surface area (Å²) >= 11 is 0. The number of nitrogens with zero attached hydrogens (tertiary/aromatic N) is 5. The lowest BCUT2D eigenvalue weighted by Crippen LogP contribution is -2.45. The second kappa shape index (κ2) is 7.40. The van der Waals surface area contributed by atoms with E-state index in [1.165, 1.54) is 0 Å². The van der Waals surface area contributed by atoms with Crippen LogP contribution in [0.4, 0.5) is 17.8 Å². The highest BCUT2D eigenvalue weighted by atomic mass is 16.3. The van der Waals surface area contributed by atoms with Crippen LogP contribution in [0.2, 0.25) is 0 Å². The molecule has 0 fully saturated rings. The fourth-order valence-corrected chi connectivity index (χ4v) is 1.77. The number of nitrogens with one attached hydrogen (secondary N) is 1. The summed E-state index contributed by atoms with van der Waals surface area (Å²) in [6.07, 6.45) is 0. The minimum atomic E-state index is -0.439. The first kappa shape index (κ1) is 17.4. The van der Waals surface area contributed by atoms with Crippen molar-refractivity contribution in [2.75, 3.05) is 48.4 Å². The molecular formula is C14H28N6O. The SMILES string of the molecule is CCNc1nc(N(CC)CC)nc(N(C)C(C)(C)CO)n1. The highest BCUT2D eigenvalue weighted by molar-refractivity contribution is 5.46. The van der Waals surface area contributed by atoms with Gasteiger partial charge in [-0.3, -0.25) is 0 Å². The summed E-state index contributed by atoms with van der Waals surface area (Å²) in [5.41, 5.74) is -0.439. The molecule has 0 unspecified atom stereocenters. The Bertz CT molecular complexity index is 447. The van der Waals surface area contributed by atoms with Crippen LogP contribution in [0.5, 0.6) is 0 Å². The van der Waals surface area contributed by atoms with E-state index in [0.29, 0.717) is 17.8 Å². The fraction of sp³-hybridized carbons (Fsp3) is 0.786. The van der Waals surface area contributed by atoms with Gasteiger partial charge in [0.25, 0.3) is 0 Å². The molecule has 120 valence electrons. The van der Waals surface area contributed by atoms with E-state index in [0.717, 1.165) is 19.6 Å². The van der Waals surface area contributed by atoms with Crippen molar-refractivity contribution >= 4 is 17.8 Å². The zero-order chi connectivity index (χ0) is 16.0. The zero-order valence-electron chi connectivity index (χ0n) is 14.0. The maximum Gasteiger partial charge on any atom is 0.232 e. The molecule has 0 amide bonds. The maximum atomic E-state index is 9.53. The van der Waals surface area contributed by atoms with Crippen molar-refractivity contribution in [3.05, 3.63) is 0 Å². The molecule has 7 heteroatoms. The average molecular weight is 296 g/mol. The zero-order valence-corrected chi connectivity index (χ0v) is 14.0. The Hall–Kier alpha value is -1.63. The number of aliphatic hydroxyl groups is 1. The molecule has 0 aliphatic carbocycles. The second-order valence-electron chi connectivity index (χ2n) is 5.49. The molecule has 0 aliphatic rings. The van der Waals surface area contributed by atoms with E-state index < -0.39 is 5.54 Å². The van der Waals surface area contributed by atoms with E-state index in [1.807, 2.05) is 32.7 Å². The Balaban J connectivity index is 3.24. The lowest BCUT2D eigenvalue weighted by atomic mass is 10.1. The summed E-state index contributed by atoms with van der Waals surface area (Å²) < 4.78 is 0. The van der Waals surface area contributed by atoms with Crippen LogP contribution in [0.1, 0.15) is 34.6 Å². The fourth-order valence-electron chi connectivity index (χ4n) is 1.77. The van der Waals surface area contributed by atoms with Crippen molar-refractivity contribution in [3.63, 3.8) is 0 Å². The Labute approximate surface area is 127 Å². The summed E-state index contributed by atoms with van der Waals surface area (Å²) in [4.78, 5) is 17.4. The van der Waals surface area contributed by atoms with Gasteiger partial charge in [-0.25, -0.2) is 0 Å². The minimum Gasteiger partial charge on any atom is -0.394 e. The number of hydrogen-bond donors (Lipinski definition) is 2. The molecule has 0 aliphatic heterocycles. The molecule has 21 heavy (non-hydrogen) atoms. The van der Waals surface area contributed by atoms with Crippen LogP contribution < -0.4 is 15.1 Å². The van der Waals surface area contributed by atoms with Gasteiger partial charge in [-0.1, -0.05) is 0 Å². The second-order valence-corrected chi connectivity index (χ2v) is 5.49. The number of rotatable bonds is 8. The van der Waals surface area contributed by atoms with Crippen molar-refractivity contribution in [1.29, 1.82) is 0 Å². The van der Waals surface area contributed by atoms with Crippen molar-refractivity contribution in [1.82, 2.24) is 15.0 Å². The smallest absolute Gasteiger partial charge is 0.232 e. The number of likely N-dealkylation sites (N-methyl/N-ethyl adjacent to an activating group) is 1. The van der Waals surface area contributed by atoms with Crippen molar-refractivity contribution < 1.29 is 5.11 Å². The van der Waals surface area contributed by atoms with Crippen LogP contribution in [0.3, 0.4) is 0 Å². The molecule has 2 N–H and O–H groups in total. The number of aliphatic hydroxyl groups excluding tert-OH is 1. The van der Waals surface area contributed by atoms with Gasteiger partial charge in [0.05, 0.1) is 12.1 Å². The number of anilines is 3. The van der Waals surface area contributed by atoms with Gasteiger partial charge in [0.1, 0.15) is 0 Å². The van der Waals surface area contributed by atoms with E-state index in [4.69, 9.17) is 0 Å².